The molecule has 12 heavy (non-hydrogen) atoms. The molecular formula is C10H21NO. The minimum Gasteiger partial charge on any atom is -0.346 e. The number of amides is 1. The molecule has 0 bridgehead atoms. The molecule has 0 fully saturated rings. The van der Waals surface area contributed by atoms with Crippen LogP contribution in [-0.4, -0.2) is 24.4 Å². The molecule has 0 aromatic heterocycles. The summed E-state index contributed by atoms with van der Waals surface area (Å²) in [6.07, 6.45) is 0.945. The Labute approximate surface area is 75.9 Å². The van der Waals surface area contributed by atoms with E-state index in [0.29, 0.717) is 5.92 Å². The number of carbonyl (C=O) groups is 1. The molecule has 0 saturated carbocycles. The van der Waals surface area contributed by atoms with Gasteiger partial charge in [-0.25, -0.2) is 0 Å². The van der Waals surface area contributed by atoms with Crippen LogP contribution in [-0.2, 0) is 4.79 Å². The lowest BCUT2D eigenvalue weighted by Gasteiger charge is -2.24. The summed E-state index contributed by atoms with van der Waals surface area (Å²) >= 11 is 0. The summed E-state index contributed by atoms with van der Waals surface area (Å²) in [5.74, 6) is 0.946. The van der Waals surface area contributed by atoms with Crippen molar-refractivity contribution in [1.82, 2.24) is 4.90 Å². The van der Waals surface area contributed by atoms with Gasteiger partial charge in [0.05, 0.1) is 0 Å². The fourth-order valence-corrected chi connectivity index (χ4v) is 1.37. The van der Waals surface area contributed by atoms with Gasteiger partial charge < -0.3 is 4.90 Å². The zero-order chi connectivity index (χ0) is 9.72. The Balaban J connectivity index is 4.21. The number of hydrogen-bond donors (Lipinski definition) is 0. The van der Waals surface area contributed by atoms with Gasteiger partial charge in [-0.1, -0.05) is 20.8 Å². The summed E-state index contributed by atoms with van der Waals surface area (Å²) in [4.78, 5) is 13.5. The van der Waals surface area contributed by atoms with Crippen molar-refractivity contribution >= 4 is 5.91 Å². The largest absolute Gasteiger partial charge is 0.346 e. The Morgan fingerprint density at radius 1 is 1.33 bits per heavy atom. The predicted octanol–water partition coefficient (Wildman–Crippen LogP) is 2.15. The van der Waals surface area contributed by atoms with E-state index < -0.39 is 0 Å². The topological polar surface area (TPSA) is 20.3 Å². The normalized spacial score (nSPS) is 13.2. The van der Waals surface area contributed by atoms with Gasteiger partial charge in [0.25, 0.3) is 0 Å². The van der Waals surface area contributed by atoms with Crippen LogP contribution in [0.5, 0.6) is 0 Å². The van der Waals surface area contributed by atoms with Crippen molar-refractivity contribution < 1.29 is 4.79 Å². The van der Waals surface area contributed by atoms with E-state index in [4.69, 9.17) is 0 Å². The molecule has 1 unspecified atom stereocenters. The van der Waals surface area contributed by atoms with Gasteiger partial charge in [-0.05, 0) is 19.3 Å². The van der Waals surface area contributed by atoms with E-state index in [-0.39, 0.29) is 11.8 Å². The highest BCUT2D eigenvalue weighted by atomic mass is 16.2. The minimum atomic E-state index is 0.204. The van der Waals surface area contributed by atoms with Crippen LogP contribution in [0.25, 0.3) is 0 Å². The molecule has 0 aliphatic heterocycles. The number of nitrogens with zero attached hydrogens (tertiary/aromatic N) is 1. The molecule has 0 aliphatic rings. The van der Waals surface area contributed by atoms with Crippen LogP contribution in [0.4, 0.5) is 0 Å². The fourth-order valence-electron chi connectivity index (χ4n) is 1.37. The molecule has 2 nitrogen and oxygen atoms in total. The van der Waals surface area contributed by atoms with Gasteiger partial charge in [-0.2, -0.15) is 0 Å². The number of rotatable bonds is 4. The summed E-state index contributed by atoms with van der Waals surface area (Å²) in [6.45, 7) is 9.10. The van der Waals surface area contributed by atoms with Gasteiger partial charge >= 0.3 is 0 Å². The van der Waals surface area contributed by atoms with E-state index in [2.05, 4.69) is 20.8 Å². The SMILES string of the molecule is CCC(C(=O)N(C)CC)C(C)C. The van der Waals surface area contributed by atoms with Crippen LogP contribution < -0.4 is 0 Å². The molecule has 1 atom stereocenters. The molecule has 0 spiro atoms. The first-order valence-corrected chi connectivity index (χ1v) is 4.79. The second-order valence-corrected chi connectivity index (χ2v) is 3.61. The molecule has 72 valence electrons. The Bertz CT molecular complexity index is 143. The maximum atomic E-state index is 11.7. The van der Waals surface area contributed by atoms with Gasteiger partial charge in [0.1, 0.15) is 0 Å². The van der Waals surface area contributed by atoms with E-state index in [1.165, 1.54) is 0 Å². The zero-order valence-electron chi connectivity index (χ0n) is 8.92. The standard InChI is InChI=1S/C10H21NO/c1-6-9(8(3)4)10(12)11(5)7-2/h8-9H,6-7H2,1-5H3. The van der Waals surface area contributed by atoms with Crippen LogP contribution in [0.3, 0.4) is 0 Å². The molecule has 0 aliphatic carbocycles. The van der Waals surface area contributed by atoms with Crippen molar-refractivity contribution in [3.05, 3.63) is 0 Å². The molecule has 0 aromatic rings. The molecule has 1 amide bonds. The van der Waals surface area contributed by atoms with Gasteiger partial charge in [0.2, 0.25) is 5.91 Å². The predicted molar refractivity (Wildman–Crippen MR) is 51.9 cm³/mol. The van der Waals surface area contributed by atoms with Crippen molar-refractivity contribution in [3.8, 4) is 0 Å². The monoisotopic (exact) mass is 171 g/mol. The van der Waals surface area contributed by atoms with Crippen molar-refractivity contribution in [1.29, 1.82) is 0 Å². The third kappa shape index (κ3) is 2.84. The fraction of sp³-hybridized carbons (Fsp3) is 0.900. The zero-order valence-corrected chi connectivity index (χ0v) is 8.92. The molecule has 0 N–H and O–H groups in total. The Morgan fingerprint density at radius 3 is 2.08 bits per heavy atom. The van der Waals surface area contributed by atoms with E-state index in [1.807, 2.05) is 14.0 Å². The summed E-state index contributed by atoms with van der Waals surface area (Å²) in [5, 5.41) is 0. The van der Waals surface area contributed by atoms with Crippen LogP contribution >= 0.6 is 0 Å². The summed E-state index contributed by atoms with van der Waals surface area (Å²) in [7, 11) is 1.87. The lowest BCUT2D eigenvalue weighted by molar-refractivity contribution is -0.135. The van der Waals surface area contributed by atoms with Crippen molar-refractivity contribution in [2.75, 3.05) is 13.6 Å². The van der Waals surface area contributed by atoms with Gasteiger partial charge in [0, 0.05) is 19.5 Å². The first-order chi connectivity index (χ1) is 5.54. The van der Waals surface area contributed by atoms with E-state index in [0.717, 1.165) is 13.0 Å². The second-order valence-electron chi connectivity index (χ2n) is 3.61. The summed E-state index contributed by atoms with van der Waals surface area (Å²) in [6, 6.07) is 0. The van der Waals surface area contributed by atoms with Crippen LogP contribution in [0.2, 0.25) is 0 Å². The molecule has 0 aromatic carbocycles. The maximum absolute atomic E-state index is 11.7. The van der Waals surface area contributed by atoms with E-state index >= 15 is 0 Å². The van der Waals surface area contributed by atoms with Crippen molar-refractivity contribution in [2.45, 2.75) is 34.1 Å². The average Bonchev–Trinajstić information content (AvgIpc) is 2.03. The molecule has 2 heteroatoms. The molecule has 0 heterocycles. The van der Waals surface area contributed by atoms with Crippen LogP contribution in [0.15, 0.2) is 0 Å². The minimum absolute atomic E-state index is 0.204. The highest BCUT2D eigenvalue weighted by molar-refractivity contribution is 5.78. The van der Waals surface area contributed by atoms with Crippen molar-refractivity contribution in [3.63, 3.8) is 0 Å². The van der Waals surface area contributed by atoms with Gasteiger partial charge in [0.15, 0.2) is 0 Å². The third-order valence-corrected chi connectivity index (χ3v) is 2.41. The Hall–Kier alpha value is -0.530. The van der Waals surface area contributed by atoms with Gasteiger partial charge in [-0.15, -0.1) is 0 Å². The highest BCUT2D eigenvalue weighted by Crippen LogP contribution is 2.16. The molecule has 0 rings (SSSR count). The smallest absolute Gasteiger partial charge is 0.225 e. The second kappa shape index (κ2) is 5.18. The van der Waals surface area contributed by atoms with Crippen molar-refractivity contribution in [2.24, 2.45) is 11.8 Å². The number of hydrogen-bond acceptors (Lipinski definition) is 1. The average molecular weight is 171 g/mol. The first kappa shape index (κ1) is 11.5. The Morgan fingerprint density at radius 2 is 1.83 bits per heavy atom. The quantitative estimate of drug-likeness (QED) is 0.634. The first-order valence-electron chi connectivity index (χ1n) is 4.79. The van der Waals surface area contributed by atoms with Gasteiger partial charge in [-0.3, -0.25) is 4.79 Å². The summed E-state index contributed by atoms with van der Waals surface area (Å²) < 4.78 is 0. The maximum Gasteiger partial charge on any atom is 0.225 e. The summed E-state index contributed by atoms with van der Waals surface area (Å²) in [5.41, 5.74) is 0. The lowest BCUT2D eigenvalue weighted by Crippen LogP contribution is -2.34. The lowest BCUT2D eigenvalue weighted by atomic mass is 9.92. The third-order valence-electron chi connectivity index (χ3n) is 2.41. The van der Waals surface area contributed by atoms with E-state index in [9.17, 15) is 4.79 Å². The molecule has 0 radical (unpaired) electrons. The highest BCUT2D eigenvalue weighted by Gasteiger charge is 2.22. The number of carbonyl (C=O) groups excluding carboxylic acids is 1. The van der Waals surface area contributed by atoms with E-state index in [1.54, 1.807) is 4.90 Å². The Kier molecular flexibility index (Phi) is 4.95. The molecule has 0 saturated heterocycles. The molecular weight excluding hydrogens is 150 g/mol. The van der Waals surface area contributed by atoms with Crippen LogP contribution in [0, 0.1) is 11.8 Å². The van der Waals surface area contributed by atoms with Crippen LogP contribution in [0.1, 0.15) is 34.1 Å².